The van der Waals surface area contributed by atoms with Crippen molar-refractivity contribution in [1.29, 1.82) is 0 Å². The zero-order valence-corrected chi connectivity index (χ0v) is 17.6. The number of halogens is 3. The molecule has 0 bridgehead atoms. The molecule has 158 valence electrons. The van der Waals surface area contributed by atoms with Crippen LogP contribution in [0.25, 0.3) is 0 Å². The van der Waals surface area contributed by atoms with Crippen LogP contribution >= 0.6 is 34.8 Å². The molecular weight excluding hydrogens is 457 g/mol. The predicted molar refractivity (Wildman–Crippen MR) is 111 cm³/mol. The zero-order chi connectivity index (χ0) is 21.5. The summed E-state index contributed by atoms with van der Waals surface area (Å²) in [6, 6.07) is 11.6. The first-order valence-electron chi connectivity index (χ1n) is 8.67. The summed E-state index contributed by atoms with van der Waals surface area (Å²) in [7, 11) is 0. The second-order valence-electron chi connectivity index (χ2n) is 5.99. The predicted octanol–water partition coefficient (Wildman–Crippen LogP) is 5.39. The molecule has 0 aliphatic carbocycles. The lowest BCUT2D eigenvalue weighted by Gasteiger charge is -2.27. The van der Waals surface area contributed by atoms with Gasteiger partial charge in [-0.3, -0.25) is 4.84 Å². The monoisotopic (exact) mass is 471 g/mol. The van der Waals surface area contributed by atoms with Gasteiger partial charge in [-0.05, 0) is 36.4 Å². The van der Waals surface area contributed by atoms with Crippen LogP contribution in [0.2, 0.25) is 15.1 Å². The number of ether oxygens (including phenoxy) is 2. The Morgan fingerprint density at radius 3 is 2.43 bits per heavy atom. The van der Waals surface area contributed by atoms with Crippen molar-refractivity contribution in [2.45, 2.75) is 12.3 Å². The highest BCUT2D eigenvalue weighted by molar-refractivity contribution is 6.35. The Labute approximate surface area is 187 Å². The van der Waals surface area contributed by atoms with Crippen molar-refractivity contribution >= 4 is 34.8 Å². The van der Waals surface area contributed by atoms with Crippen LogP contribution in [-0.2, 0) is 9.57 Å². The largest absolute Gasteiger partial charge is 0.491 e. The topological polar surface area (TPSA) is 88.7 Å². The van der Waals surface area contributed by atoms with Gasteiger partial charge in [0, 0.05) is 33.0 Å². The van der Waals surface area contributed by atoms with Crippen LogP contribution in [0.3, 0.4) is 0 Å². The van der Waals surface area contributed by atoms with Crippen LogP contribution in [-0.4, -0.2) is 27.9 Å². The average Bonchev–Trinajstić information content (AvgIpc) is 3.23. The maximum absolute atomic E-state index is 11.1. The normalized spacial score (nSPS) is 12.9. The highest BCUT2D eigenvalue weighted by Gasteiger charge is 2.31. The number of benzene rings is 2. The fourth-order valence-corrected chi connectivity index (χ4v) is 3.34. The summed E-state index contributed by atoms with van der Waals surface area (Å²) in [5.74, 6) is 0.608. The van der Waals surface area contributed by atoms with E-state index in [0.29, 0.717) is 21.4 Å². The Morgan fingerprint density at radius 1 is 1.07 bits per heavy atom. The van der Waals surface area contributed by atoms with Gasteiger partial charge in [-0.25, -0.2) is 4.98 Å². The molecule has 0 spiro atoms. The minimum atomic E-state index is -1.17. The number of nitrogens with zero attached hydrogens (tertiary/aromatic N) is 3. The van der Waals surface area contributed by atoms with Gasteiger partial charge < -0.3 is 14.0 Å². The number of aromatic nitrogens is 2. The van der Waals surface area contributed by atoms with E-state index in [9.17, 15) is 10.1 Å². The smallest absolute Gasteiger partial charge is 0.296 e. The van der Waals surface area contributed by atoms with Crippen molar-refractivity contribution in [3.63, 3.8) is 0 Å². The van der Waals surface area contributed by atoms with Crippen molar-refractivity contribution < 1.29 is 19.4 Å². The molecule has 0 aliphatic rings. The van der Waals surface area contributed by atoms with E-state index >= 15 is 0 Å². The minimum absolute atomic E-state index is 0.0958. The van der Waals surface area contributed by atoms with Crippen LogP contribution in [0.4, 0.5) is 0 Å². The highest BCUT2D eigenvalue weighted by Crippen LogP contribution is 2.36. The van der Waals surface area contributed by atoms with Gasteiger partial charge in [0.05, 0.1) is 12.9 Å². The third kappa shape index (κ3) is 5.99. The molecule has 1 heterocycles. The summed E-state index contributed by atoms with van der Waals surface area (Å²) < 4.78 is 13.0. The average molecular weight is 473 g/mol. The lowest BCUT2D eigenvalue weighted by Crippen LogP contribution is -2.26. The quantitative estimate of drug-likeness (QED) is 0.223. The van der Waals surface area contributed by atoms with Gasteiger partial charge in [0.25, 0.3) is 5.09 Å². The summed E-state index contributed by atoms with van der Waals surface area (Å²) in [6.07, 6.45) is 2.28. The third-order valence-corrected chi connectivity index (χ3v) is 4.82. The Hall–Kier alpha value is -2.52. The van der Waals surface area contributed by atoms with Crippen molar-refractivity contribution in [3.8, 4) is 5.75 Å². The second kappa shape index (κ2) is 10.5. The molecule has 1 aromatic heterocycles. The molecule has 2 atom stereocenters. The minimum Gasteiger partial charge on any atom is -0.491 e. The highest BCUT2D eigenvalue weighted by atomic mass is 35.5. The number of imidazole rings is 1. The summed E-state index contributed by atoms with van der Waals surface area (Å²) >= 11 is 18.2. The first kappa shape index (κ1) is 22.2. The van der Waals surface area contributed by atoms with Gasteiger partial charge >= 0.3 is 0 Å². The lowest BCUT2D eigenvalue weighted by molar-refractivity contribution is -0.778. The van der Waals surface area contributed by atoms with Crippen molar-refractivity contribution in [3.05, 3.63) is 91.9 Å². The molecule has 2 aromatic carbocycles. The molecule has 0 amide bonds. The summed E-state index contributed by atoms with van der Waals surface area (Å²) in [6.45, 7) is 0.275. The van der Waals surface area contributed by atoms with E-state index in [-0.39, 0.29) is 18.2 Å². The molecular formula is C19H16Cl3N3O5. The molecule has 0 saturated heterocycles. The van der Waals surface area contributed by atoms with E-state index in [4.69, 9.17) is 49.1 Å². The van der Waals surface area contributed by atoms with Crippen LogP contribution in [0.1, 0.15) is 17.9 Å². The molecule has 0 aliphatic heterocycles. The van der Waals surface area contributed by atoms with Gasteiger partial charge in [0.15, 0.2) is 0 Å². The van der Waals surface area contributed by atoms with E-state index in [1.807, 2.05) is 0 Å². The van der Waals surface area contributed by atoms with E-state index in [1.165, 1.54) is 29.4 Å². The molecule has 30 heavy (non-hydrogen) atoms. The number of hydrogen-bond donors (Lipinski definition) is 0. The summed E-state index contributed by atoms with van der Waals surface area (Å²) in [5.41, 5.74) is 0.466. The van der Waals surface area contributed by atoms with Crippen molar-refractivity contribution in [2.75, 3.05) is 13.2 Å². The molecule has 0 saturated carbocycles. The molecule has 11 heteroatoms. The van der Waals surface area contributed by atoms with Crippen LogP contribution < -0.4 is 4.74 Å². The fraction of sp³-hybridized carbons (Fsp3) is 0.211. The number of hydrogen-bond acceptors (Lipinski definition) is 6. The first-order valence-corrected chi connectivity index (χ1v) is 9.81. The van der Waals surface area contributed by atoms with Crippen LogP contribution in [0, 0.1) is 10.1 Å². The van der Waals surface area contributed by atoms with Gasteiger partial charge in [-0.2, -0.15) is 0 Å². The second-order valence-corrected chi connectivity index (χ2v) is 7.27. The molecule has 0 fully saturated rings. The molecule has 0 N–H and O–H groups in total. The van der Waals surface area contributed by atoms with E-state index < -0.39 is 17.4 Å². The summed E-state index contributed by atoms with van der Waals surface area (Å²) in [5, 5.41) is 11.5. The zero-order valence-electron chi connectivity index (χ0n) is 15.4. The van der Waals surface area contributed by atoms with E-state index in [2.05, 4.69) is 4.98 Å². The van der Waals surface area contributed by atoms with Gasteiger partial charge in [0.1, 0.15) is 18.5 Å². The molecule has 0 radical (unpaired) electrons. The standard InChI is InChI=1S/C19H16Cl3N3O5/c20-13-1-4-15(5-2-13)28-9-10-29-18(16-6-3-14(21)11-17(16)22)19(30-25(26)27)24-8-7-23-12-24/h1-8,11-12,18-19H,9-10H2. The Balaban J connectivity index is 1.79. The van der Waals surface area contributed by atoms with E-state index in [1.54, 1.807) is 36.4 Å². The maximum Gasteiger partial charge on any atom is 0.296 e. The van der Waals surface area contributed by atoms with Crippen LogP contribution in [0.5, 0.6) is 5.75 Å². The summed E-state index contributed by atoms with van der Waals surface area (Å²) in [4.78, 5) is 19.9. The van der Waals surface area contributed by atoms with E-state index in [0.717, 1.165) is 0 Å². The van der Waals surface area contributed by atoms with Crippen molar-refractivity contribution in [2.24, 2.45) is 0 Å². The third-order valence-electron chi connectivity index (χ3n) is 4.00. The number of rotatable bonds is 10. The molecule has 8 nitrogen and oxygen atoms in total. The molecule has 3 aromatic rings. The first-order chi connectivity index (χ1) is 14.4. The Bertz CT molecular complexity index is 970. The maximum atomic E-state index is 11.1. The Morgan fingerprint density at radius 2 is 1.80 bits per heavy atom. The molecule has 2 unspecified atom stereocenters. The van der Waals surface area contributed by atoms with Crippen molar-refractivity contribution in [1.82, 2.24) is 9.55 Å². The van der Waals surface area contributed by atoms with Gasteiger partial charge in [0.2, 0.25) is 6.23 Å². The fourth-order valence-electron chi connectivity index (χ4n) is 2.70. The van der Waals surface area contributed by atoms with Gasteiger partial charge in [-0.15, -0.1) is 10.1 Å². The Kier molecular flexibility index (Phi) is 7.75. The molecule has 3 rings (SSSR count). The van der Waals surface area contributed by atoms with Crippen LogP contribution in [0.15, 0.2) is 61.2 Å². The SMILES string of the molecule is O=[N+]([O-])OC(C(OCCOc1ccc(Cl)cc1)c1ccc(Cl)cc1Cl)n1ccnc1. The lowest BCUT2D eigenvalue weighted by atomic mass is 10.1. The van der Waals surface area contributed by atoms with Gasteiger partial charge in [-0.1, -0.05) is 40.9 Å².